The minimum atomic E-state index is -0.722. The van der Waals surface area contributed by atoms with Crippen LogP contribution in [-0.4, -0.2) is 27.8 Å². The number of hydrogen-bond donors (Lipinski definition) is 2. The van der Waals surface area contributed by atoms with Gasteiger partial charge in [-0.1, -0.05) is 42.5 Å². The second kappa shape index (κ2) is 6.47. The number of benzene rings is 1. The first-order chi connectivity index (χ1) is 10.0. The van der Waals surface area contributed by atoms with Crippen LogP contribution in [0.25, 0.3) is 0 Å². The van der Waals surface area contributed by atoms with Gasteiger partial charge in [-0.05, 0) is 5.56 Å². The number of ether oxygens (including phenoxy) is 1. The van der Waals surface area contributed by atoms with Crippen LogP contribution in [0.15, 0.2) is 36.5 Å². The number of carbonyl (C=O) groups excluding carboxylic acids is 1. The number of anilines is 1. The van der Waals surface area contributed by atoms with Gasteiger partial charge in [-0.3, -0.25) is 9.48 Å². The fourth-order valence-electron chi connectivity index (χ4n) is 1.97. The van der Waals surface area contributed by atoms with Crippen molar-refractivity contribution in [2.45, 2.75) is 6.10 Å². The van der Waals surface area contributed by atoms with Crippen LogP contribution in [0, 0.1) is 0 Å². The first-order valence-electron chi connectivity index (χ1n) is 6.25. The number of nitrogens with zero attached hydrogens (tertiary/aromatic N) is 2. The van der Waals surface area contributed by atoms with E-state index in [0.29, 0.717) is 11.4 Å². The molecule has 0 aliphatic rings. The number of carbonyl (C=O) groups is 1. The van der Waals surface area contributed by atoms with Crippen molar-refractivity contribution in [3.05, 3.63) is 47.7 Å². The van der Waals surface area contributed by atoms with Gasteiger partial charge in [0.05, 0.1) is 11.8 Å². The predicted molar refractivity (Wildman–Crippen MR) is 83.9 cm³/mol. The smallest absolute Gasteiger partial charge is 0.259 e. The molecular formula is C14H16N4O2S. The average molecular weight is 304 g/mol. The molecule has 2 aromatic rings. The maximum Gasteiger partial charge on any atom is 0.259 e. The topological polar surface area (TPSA) is 82.2 Å². The fraction of sp³-hybridized carbons (Fsp3) is 0.214. The summed E-state index contributed by atoms with van der Waals surface area (Å²) in [5.74, 6) is 0.135. The maximum atomic E-state index is 12.4. The lowest BCUT2D eigenvalue weighted by Crippen LogP contribution is -2.25. The van der Waals surface area contributed by atoms with Crippen molar-refractivity contribution < 1.29 is 9.53 Å². The minimum Gasteiger partial charge on any atom is -0.389 e. The summed E-state index contributed by atoms with van der Waals surface area (Å²) >= 11 is 4.95. The zero-order valence-corrected chi connectivity index (χ0v) is 12.6. The fourth-order valence-corrected chi connectivity index (χ4v) is 2.12. The third-order valence-corrected chi connectivity index (χ3v) is 3.24. The molecule has 1 heterocycles. The average Bonchev–Trinajstić information content (AvgIpc) is 2.82. The van der Waals surface area contributed by atoms with Crippen molar-refractivity contribution >= 4 is 28.9 Å². The van der Waals surface area contributed by atoms with Gasteiger partial charge in [0.25, 0.3) is 5.91 Å². The van der Waals surface area contributed by atoms with E-state index >= 15 is 0 Å². The molecule has 0 aliphatic heterocycles. The highest BCUT2D eigenvalue weighted by molar-refractivity contribution is 7.80. The van der Waals surface area contributed by atoms with Crippen LogP contribution in [0.3, 0.4) is 0 Å². The number of aryl methyl sites for hydroxylation is 1. The van der Waals surface area contributed by atoms with Crippen molar-refractivity contribution in [1.82, 2.24) is 9.78 Å². The van der Waals surface area contributed by atoms with E-state index in [9.17, 15) is 4.79 Å². The van der Waals surface area contributed by atoms with Gasteiger partial charge >= 0.3 is 0 Å². The van der Waals surface area contributed by atoms with E-state index in [1.54, 1.807) is 7.05 Å². The maximum absolute atomic E-state index is 12.4. The molecule has 0 fully saturated rings. The van der Waals surface area contributed by atoms with Crippen LogP contribution in [0.4, 0.5) is 5.82 Å². The number of aromatic nitrogens is 2. The second-order valence-corrected chi connectivity index (χ2v) is 4.85. The number of methoxy groups -OCH3 is 1. The van der Waals surface area contributed by atoms with E-state index in [2.05, 4.69) is 10.4 Å². The molecule has 1 aromatic heterocycles. The van der Waals surface area contributed by atoms with Crippen LogP contribution < -0.4 is 11.1 Å². The summed E-state index contributed by atoms with van der Waals surface area (Å²) in [7, 11) is 3.18. The van der Waals surface area contributed by atoms with Crippen LogP contribution in [-0.2, 0) is 16.6 Å². The molecule has 7 heteroatoms. The highest BCUT2D eigenvalue weighted by Crippen LogP contribution is 2.20. The Kier molecular flexibility index (Phi) is 4.66. The van der Waals surface area contributed by atoms with E-state index in [0.717, 1.165) is 5.56 Å². The molecule has 21 heavy (non-hydrogen) atoms. The van der Waals surface area contributed by atoms with Crippen LogP contribution in [0.2, 0.25) is 0 Å². The van der Waals surface area contributed by atoms with Crippen molar-refractivity contribution in [3.8, 4) is 0 Å². The lowest BCUT2D eigenvalue weighted by atomic mass is 10.1. The molecule has 110 valence electrons. The number of rotatable bonds is 5. The molecule has 1 amide bonds. The summed E-state index contributed by atoms with van der Waals surface area (Å²) in [6.07, 6.45) is 0.794. The number of amides is 1. The van der Waals surface area contributed by atoms with Crippen molar-refractivity contribution in [1.29, 1.82) is 0 Å². The third-order valence-electron chi connectivity index (χ3n) is 3.02. The van der Waals surface area contributed by atoms with Gasteiger partial charge in [0, 0.05) is 14.2 Å². The Balaban J connectivity index is 2.25. The summed E-state index contributed by atoms with van der Waals surface area (Å²) in [5, 5.41) is 6.80. The predicted octanol–water partition coefficient (Wildman–Crippen LogP) is 1.38. The van der Waals surface area contributed by atoms with Crippen molar-refractivity contribution in [2.75, 3.05) is 12.4 Å². The van der Waals surface area contributed by atoms with E-state index in [1.165, 1.54) is 18.0 Å². The number of nitrogens with one attached hydrogen (secondary N) is 1. The Morgan fingerprint density at radius 2 is 2.10 bits per heavy atom. The van der Waals surface area contributed by atoms with Crippen molar-refractivity contribution in [2.24, 2.45) is 12.8 Å². The first-order valence-corrected chi connectivity index (χ1v) is 6.65. The molecule has 1 atom stereocenters. The van der Waals surface area contributed by atoms with Gasteiger partial charge in [-0.15, -0.1) is 0 Å². The molecule has 0 saturated heterocycles. The molecule has 0 bridgehead atoms. The van der Waals surface area contributed by atoms with E-state index in [-0.39, 0.29) is 10.9 Å². The van der Waals surface area contributed by atoms with Gasteiger partial charge in [-0.25, -0.2) is 0 Å². The van der Waals surface area contributed by atoms with Gasteiger partial charge in [0.1, 0.15) is 10.8 Å². The molecule has 1 aromatic carbocycles. The summed E-state index contributed by atoms with van der Waals surface area (Å²) in [5.41, 5.74) is 6.90. The van der Waals surface area contributed by atoms with E-state index in [1.807, 2.05) is 30.3 Å². The summed E-state index contributed by atoms with van der Waals surface area (Å²) in [6, 6.07) is 9.22. The van der Waals surface area contributed by atoms with Gasteiger partial charge < -0.3 is 15.8 Å². The molecule has 3 N–H and O–H groups in total. The van der Waals surface area contributed by atoms with Crippen molar-refractivity contribution in [3.63, 3.8) is 0 Å². The third kappa shape index (κ3) is 3.26. The molecule has 1 unspecified atom stereocenters. The minimum absolute atomic E-state index is 0.173. The standard InChI is InChI=1S/C14H16N4O2S/c1-18-13(10(8-16-18)12(15)21)17-14(19)11(20-2)9-6-4-3-5-7-9/h3-8,11H,1-2H3,(H2,15,21)(H,17,19). The van der Waals surface area contributed by atoms with Gasteiger partial charge in [0.15, 0.2) is 6.10 Å². The number of thiocarbonyl (C=S) groups is 1. The lowest BCUT2D eigenvalue weighted by Gasteiger charge is -2.16. The molecule has 0 aliphatic carbocycles. The van der Waals surface area contributed by atoms with E-state index < -0.39 is 6.10 Å². The number of nitrogens with two attached hydrogens (primary N) is 1. The Labute approximate surface area is 127 Å². The summed E-state index contributed by atoms with van der Waals surface area (Å²) in [6.45, 7) is 0. The SMILES string of the molecule is COC(C(=O)Nc1c(C(N)=S)cnn1C)c1ccccc1. The zero-order chi connectivity index (χ0) is 15.4. The number of hydrogen-bond acceptors (Lipinski definition) is 4. The first kappa shape index (κ1) is 15.1. The quantitative estimate of drug-likeness (QED) is 0.816. The molecule has 0 spiro atoms. The van der Waals surface area contributed by atoms with Gasteiger partial charge in [0.2, 0.25) is 0 Å². The summed E-state index contributed by atoms with van der Waals surface area (Å²) < 4.78 is 6.79. The Morgan fingerprint density at radius 1 is 1.43 bits per heavy atom. The Bertz CT molecular complexity index is 654. The molecular weight excluding hydrogens is 288 g/mol. The van der Waals surface area contributed by atoms with Gasteiger partial charge in [-0.2, -0.15) is 5.10 Å². The molecule has 6 nitrogen and oxygen atoms in total. The van der Waals surface area contributed by atoms with E-state index in [4.69, 9.17) is 22.7 Å². The lowest BCUT2D eigenvalue weighted by molar-refractivity contribution is -0.126. The normalized spacial score (nSPS) is 11.9. The Hall–Kier alpha value is -2.25. The summed E-state index contributed by atoms with van der Waals surface area (Å²) in [4.78, 5) is 12.6. The van der Waals surface area contributed by atoms with Crippen LogP contribution in [0.5, 0.6) is 0 Å². The monoisotopic (exact) mass is 304 g/mol. The largest absolute Gasteiger partial charge is 0.389 e. The van der Waals surface area contributed by atoms with Crippen LogP contribution in [0.1, 0.15) is 17.2 Å². The van der Waals surface area contributed by atoms with Crippen LogP contribution >= 0.6 is 12.2 Å². The highest BCUT2D eigenvalue weighted by atomic mass is 32.1. The molecule has 2 rings (SSSR count). The second-order valence-electron chi connectivity index (χ2n) is 4.41. The zero-order valence-electron chi connectivity index (χ0n) is 11.7. The molecule has 0 saturated carbocycles. The highest BCUT2D eigenvalue weighted by Gasteiger charge is 2.22. The molecule has 0 radical (unpaired) electrons. The Morgan fingerprint density at radius 3 is 2.67 bits per heavy atom.